The van der Waals surface area contributed by atoms with Crippen LogP contribution in [0, 0.1) is 17.7 Å². The Morgan fingerprint density at radius 1 is 1.37 bits per heavy atom. The number of hydrogen-bond donors (Lipinski definition) is 3. The summed E-state index contributed by atoms with van der Waals surface area (Å²) in [6.07, 6.45) is -1.57. The van der Waals surface area contributed by atoms with Gasteiger partial charge in [0.1, 0.15) is 22.8 Å². The predicted molar refractivity (Wildman–Crippen MR) is 106 cm³/mol. The molecular formula is C20H22ClF3N4O2. The minimum atomic E-state index is -2.77. The number of hydrogen-bond acceptors (Lipinski definition) is 4. The average molecular weight is 443 g/mol. The Balaban J connectivity index is 1.56. The van der Waals surface area contributed by atoms with Crippen LogP contribution >= 0.6 is 11.6 Å². The smallest absolute Gasteiger partial charge is 0.266 e. The number of anilines is 2. The van der Waals surface area contributed by atoms with Crippen LogP contribution in [0.3, 0.4) is 0 Å². The highest BCUT2D eigenvalue weighted by molar-refractivity contribution is 6.31. The molecule has 4 N–H and O–H groups in total. The zero-order chi connectivity index (χ0) is 21.8. The first-order valence-electron chi connectivity index (χ1n) is 9.68. The number of alkyl halides is 2. The van der Waals surface area contributed by atoms with Crippen LogP contribution in [0.15, 0.2) is 18.2 Å². The molecule has 0 spiro atoms. The van der Waals surface area contributed by atoms with Gasteiger partial charge in [-0.1, -0.05) is 11.6 Å². The fourth-order valence-corrected chi connectivity index (χ4v) is 5.13. The Morgan fingerprint density at radius 2 is 2.00 bits per heavy atom. The topological polar surface area (TPSA) is 93.2 Å². The van der Waals surface area contributed by atoms with E-state index in [4.69, 9.17) is 17.3 Å². The van der Waals surface area contributed by atoms with Gasteiger partial charge in [0.05, 0.1) is 10.7 Å². The van der Waals surface area contributed by atoms with Gasteiger partial charge in [-0.2, -0.15) is 5.10 Å². The molecule has 0 aliphatic heterocycles. The van der Waals surface area contributed by atoms with Crippen LogP contribution < -0.4 is 11.1 Å². The SMILES string of the molecule is Cn1nc(C2CC3CC(O)(C(F)F)CC3C2)c(C(=O)Nc2ccc(F)c(Cl)c2)c1N. The Kier molecular flexibility index (Phi) is 5.22. The largest absolute Gasteiger partial charge is 0.384 e. The Hall–Kier alpha value is -2.26. The molecule has 2 unspecified atom stereocenters. The zero-order valence-corrected chi connectivity index (χ0v) is 17.0. The summed E-state index contributed by atoms with van der Waals surface area (Å²) in [4.78, 5) is 12.9. The lowest BCUT2D eigenvalue weighted by atomic mass is 9.92. The van der Waals surface area contributed by atoms with Crippen molar-refractivity contribution >= 4 is 29.0 Å². The van der Waals surface area contributed by atoms with Crippen LogP contribution in [-0.2, 0) is 7.05 Å². The molecule has 162 valence electrons. The number of halogens is 4. The number of fused-ring (bicyclic) bond motifs is 1. The molecule has 2 saturated carbocycles. The summed E-state index contributed by atoms with van der Waals surface area (Å²) in [5.41, 5.74) is 5.20. The molecule has 2 aromatic rings. The molecule has 4 rings (SSSR count). The Morgan fingerprint density at radius 3 is 2.57 bits per heavy atom. The summed E-state index contributed by atoms with van der Waals surface area (Å²) in [5, 5.41) is 17.1. The number of nitrogens with zero attached hydrogens (tertiary/aromatic N) is 2. The molecule has 0 saturated heterocycles. The lowest BCUT2D eigenvalue weighted by molar-refractivity contribution is -0.0957. The van der Waals surface area contributed by atoms with E-state index in [-0.39, 0.29) is 47.0 Å². The summed E-state index contributed by atoms with van der Waals surface area (Å²) >= 11 is 5.77. The fourth-order valence-electron chi connectivity index (χ4n) is 4.95. The van der Waals surface area contributed by atoms with Gasteiger partial charge in [-0.3, -0.25) is 9.48 Å². The number of nitrogen functional groups attached to an aromatic ring is 1. The van der Waals surface area contributed by atoms with Crippen molar-refractivity contribution < 1.29 is 23.1 Å². The van der Waals surface area contributed by atoms with E-state index in [1.165, 1.54) is 16.8 Å². The van der Waals surface area contributed by atoms with Crippen LogP contribution in [0.2, 0.25) is 5.02 Å². The van der Waals surface area contributed by atoms with Crippen LogP contribution in [0.5, 0.6) is 0 Å². The van der Waals surface area contributed by atoms with Gasteiger partial charge in [-0.25, -0.2) is 13.2 Å². The minimum Gasteiger partial charge on any atom is -0.384 e. The first kappa shape index (κ1) is 21.0. The number of benzene rings is 1. The number of carbonyl (C=O) groups is 1. The van der Waals surface area contributed by atoms with Gasteiger partial charge < -0.3 is 16.2 Å². The molecule has 6 nitrogen and oxygen atoms in total. The van der Waals surface area contributed by atoms with E-state index in [1.807, 2.05) is 0 Å². The highest BCUT2D eigenvalue weighted by Crippen LogP contribution is 2.55. The van der Waals surface area contributed by atoms with Crippen LogP contribution in [-0.4, -0.2) is 32.8 Å². The quantitative estimate of drug-likeness (QED) is 0.668. The van der Waals surface area contributed by atoms with Crippen molar-refractivity contribution in [1.82, 2.24) is 9.78 Å². The molecule has 2 aliphatic rings. The maximum Gasteiger partial charge on any atom is 0.266 e. The number of carbonyl (C=O) groups excluding carboxylic acids is 1. The lowest BCUT2D eigenvalue weighted by Crippen LogP contribution is -2.34. The number of amides is 1. The molecule has 1 aromatic heterocycles. The number of aliphatic hydroxyl groups is 1. The third-order valence-electron chi connectivity index (χ3n) is 6.39. The monoisotopic (exact) mass is 442 g/mol. The van der Waals surface area contributed by atoms with Crippen molar-refractivity contribution in [2.75, 3.05) is 11.1 Å². The predicted octanol–water partition coefficient (Wildman–Crippen LogP) is 3.95. The second-order valence-corrected chi connectivity index (χ2v) is 8.76. The fraction of sp³-hybridized carbons (Fsp3) is 0.500. The molecule has 10 heteroatoms. The standard InChI is InChI=1S/C20H22ClF3N4O2/c1-28-17(25)15(18(29)26-12-2-3-14(22)13(21)6-12)16(27-28)9-4-10-7-20(30,19(23)24)8-11(10)5-9/h2-3,6,9-11,19,30H,4-5,7-8,25H2,1H3,(H,26,29). The second-order valence-electron chi connectivity index (χ2n) is 8.35. The number of aromatic nitrogens is 2. The first-order chi connectivity index (χ1) is 14.1. The molecule has 0 bridgehead atoms. The Bertz CT molecular complexity index is 983. The summed E-state index contributed by atoms with van der Waals surface area (Å²) in [6.45, 7) is 0. The summed E-state index contributed by atoms with van der Waals surface area (Å²) in [5.74, 6) is -1.15. The van der Waals surface area contributed by atoms with Crippen molar-refractivity contribution in [2.45, 2.75) is 43.6 Å². The van der Waals surface area contributed by atoms with Gasteiger partial charge in [0.15, 0.2) is 0 Å². The van der Waals surface area contributed by atoms with E-state index >= 15 is 0 Å². The molecule has 2 atom stereocenters. The van der Waals surface area contributed by atoms with E-state index in [1.54, 1.807) is 7.05 Å². The zero-order valence-electron chi connectivity index (χ0n) is 16.2. The van der Waals surface area contributed by atoms with Gasteiger partial charge in [0.2, 0.25) is 0 Å². The third kappa shape index (κ3) is 3.54. The molecule has 2 fully saturated rings. The van der Waals surface area contributed by atoms with E-state index < -0.39 is 23.8 Å². The third-order valence-corrected chi connectivity index (χ3v) is 6.68. The second kappa shape index (κ2) is 7.46. The average Bonchev–Trinajstić information content (AvgIpc) is 3.28. The molecule has 2 aliphatic carbocycles. The molecule has 1 aromatic carbocycles. The summed E-state index contributed by atoms with van der Waals surface area (Å²) < 4.78 is 41.1. The van der Waals surface area contributed by atoms with Crippen molar-refractivity contribution in [1.29, 1.82) is 0 Å². The van der Waals surface area contributed by atoms with Crippen molar-refractivity contribution in [3.8, 4) is 0 Å². The first-order valence-corrected chi connectivity index (χ1v) is 10.1. The van der Waals surface area contributed by atoms with Crippen LogP contribution in [0.1, 0.15) is 47.7 Å². The van der Waals surface area contributed by atoms with Crippen molar-refractivity contribution in [3.63, 3.8) is 0 Å². The minimum absolute atomic E-state index is 0.0454. The van der Waals surface area contributed by atoms with E-state index in [0.29, 0.717) is 24.2 Å². The molecular weight excluding hydrogens is 421 g/mol. The van der Waals surface area contributed by atoms with Crippen LogP contribution in [0.25, 0.3) is 0 Å². The lowest BCUT2D eigenvalue weighted by Gasteiger charge is -2.23. The maximum absolute atomic E-state index is 13.4. The van der Waals surface area contributed by atoms with Crippen LogP contribution in [0.4, 0.5) is 24.7 Å². The number of aryl methyl sites for hydroxylation is 1. The summed E-state index contributed by atoms with van der Waals surface area (Å²) in [7, 11) is 1.62. The molecule has 1 amide bonds. The number of nitrogens with one attached hydrogen (secondary N) is 1. The maximum atomic E-state index is 13.4. The summed E-state index contributed by atoms with van der Waals surface area (Å²) in [6, 6.07) is 3.83. The molecule has 0 radical (unpaired) electrons. The van der Waals surface area contributed by atoms with Gasteiger partial charge in [-0.05, 0) is 55.7 Å². The van der Waals surface area contributed by atoms with Gasteiger partial charge in [0.25, 0.3) is 12.3 Å². The van der Waals surface area contributed by atoms with E-state index in [9.17, 15) is 23.1 Å². The normalized spacial score (nSPS) is 28.2. The van der Waals surface area contributed by atoms with E-state index in [0.717, 1.165) is 6.07 Å². The van der Waals surface area contributed by atoms with Gasteiger partial charge in [-0.15, -0.1) is 0 Å². The van der Waals surface area contributed by atoms with Gasteiger partial charge in [0, 0.05) is 18.7 Å². The van der Waals surface area contributed by atoms with E-state index in [2.05, 4.69) is 10.4 Å². The van der Waals surface area contributed by atoms with Gasteiger partial charge >= 0.3 is 0 Å². The highest BCUT2D eigenvalue weighted by atomic mass is 35.5. The Labute approximate surface area is 176 Å². The molecule has 30 heavy (non-hydrogen) atoms. The van der Waals surface area contributed by atoms with Crippen molar-refractivity contribution in [3.05, 3.63) is 40.3 Å². The number of rotatable bonds is 4. The highest BCUT2D eigenvalue weighted by Gasteiger charge is 2.53. The molecule has 1 heterocycles. The van der Waals surface area contributed by atoms with Crippen molar-refractivity contribution in [2.24, 2.45) is 18.9 Å². The number of nitrogens with two attached hydrogens (primary N) is 1.